The molecule has 3 heterocycles. The van der Waals surface area contributed by atoms with Crippen LogP contribution >= 0.6 is 11.6 Å². The minimum Gasteiger partial charge on any atom is -0.496 e. The molecule has 0 spiro atoms. The van der Waals surface area contributed by atoms with E-state index in [1.807, 2.05) is 4.90 Å². The lowest BCUT2D eigenvalue weighted by Crippen LogP contribution is -2.57. The number of rotatable bonds is 3. The summed E-state index contributed by atoms with van der Waals surface area (Å²) in [5, 5.41) is 0.409. The van der Waals surface area contributed by atoms with Gasteiger partial charge in [-0.3, -0.25) is 9.69 Å². The van der Waals surface area contributed by atoms with Crippen molar-refractivity contribution in [3.05, 3.63) is 57.9 Å². The largest absolute Gasteiger partial charge is 0.496 e. The van der Waals surface area contributed by atoms with E-state index in [0.717, 1.165) is 38.2 Å². The third-order valence-electron chi connectivity index (χ3n) is 6.56. The van der Waals surface area contributed by atoms with Crippen LogP contribution in [0.5, 0.6) is 5.75 Å². The Morgan fingerprint density at radius 1 is 1.14 bits per heavy atom. The first-order chi connectivity index (χ1) is 14.0. The van der Waals surface area contributed by atoms with Crippen molar-refractivity contribution in [2.75, 3.05) is 26.7 Å². The highest BCUT2D eigenvalue weighted by molar-refractivity contribution is 6.29. The van der Waals surface area contributed by atoms with E-state index in [1.165, 1.54) is 23.1 Å². The molecular weight excluding hydrogens is 386 g/mol. The van der Waals surface area contributed by atoms with Crippen LogP contribution in [0.3, 0.4) is 0 Å². The minimum atomic E-state index is 0.0485. The van der Waals surface area contributed by atoms with E-state index in [9.17, 15) is 4.79 Å². The summed E-state index contributed by atoms with van der Waals surface area (Å²) in [6, 6.07) is 8.56. The molecule has 29 heavy (non-hydrogen) atoms. The van der Waals surface area contributed by atoms with Gasteiger partial charge in [-0.1, -0.05) is 17.7 Å². The van der Waals surface area contributed by atoms with E-state index < -0.39 is 0 Å². The van der Waals surface area contributed by atoms with Gasteiger partial charge in [-0.15, -0.1) is 0 Å². The van der Waals surface area contributed by atoms with Gasteiger partial charge in [-0.2, -0.15) is 0 Å². The number of aromatic nitrogens is 1. The molecule has 1 aromatic carbocycles. The summed E-state index contributed by atoms with van der Waals surface area (Å²) >= 11 is 5.86. The fraction of sp³-hybridized carbons (Fsp3) is 0.478. The Labute approximate surface area is 177 Å². The number of ether oxygens (including phenoxy) is 1. The van der Waals surface area contributed by atoms with Crippen molar-refractivity contribution in [1.82, 2.24) is 14.8 Å². The Balaban J connectivity index is 1.52. The van der Waals surface area contributed by atoms with Crippen LogP contribution in [0.1, 0.15) is 52.4 Å². The molecule has 6 heteroatoms. The zero-order valence-electron chi connectivity index (χ0n) is 17.3. The lowest BCUT2D eigenvalue weighted by molar-refractivity contribution is 0.0101. The first-order valence-electron chi connectivity index (χ1n) is 10.3. The summed E-state index contributed by atoms with van der Waals surface area (Å²) in [6.07, 6.45) is 5.05. The third kappa shape index (κ3) is 3.86. The zero-order valence-corrected chi connectivity index (χ0v) is 18.1. The van der Waals surface area contributed by atoms with Gasteiger partial charge in [0.1, 0.15) is 10.9 Å². The number of amides is 1. The second kappa shape index (κ2) is 8.33. The van der Waals surface area contributed by atoms with Crippen molar-refractivity contribution in [2.24, 2.45) is 0 Å². The second-order valence-corrected chi connectivity index (χ2v) is 8.45. The maximum atomic E-state index is 12.9. The molecule has 2 aromatic rings. The molecule has 0 saturated carbocycles. The predicted octanol–water partition coefficient (Wildman–Crippen LogP) is 4.41. The summed E-state index contributed by atoms with van der Waals surface area (Å²) in [4.78, 5) is 21.6. The van der Waals surface area contributed by atoms with Crippen LogP contribution < -0.4 is 4.74 Å². The summed E-state index contributed by atoms with van der Waals surface area (Å²) < 4.78 is 5.49. The molecule has 154 valence electrons. The van der Waals surface area contributed by atoms with E-state index in [0.29, 0.717) is 22.8 Å². The minimum absolute atomic E-state index is 0.0485. The van der Waals surface area contributed by atoms with E-state index in [4.69, 9.17) is 16.3 Å². The number of piperazine rings is 1. The van der Waals surface area contributed by atoms with Crippen LogP contribution in [0.25, 0.3) is 0 Å². The van der Waals surface area contributed by atoms with Gasteiger partial charge >= 0.3 is 0 Å². The van der Waals surface area contributed by atoms with Gasteiger partial charge in [0, 0.05) is 37.9 Å². The second-order valence-electron chi connectivity index (χ2n) is 8.07. The van der Waals surface area contributed by atoms with E-state index in [2.05, 4.69) is 35.9 Å². The Kier molecular flexibility index (Phi) is 5.79. The van der Waals surface area contributed by atoms with Crippen LogP contribution in [-0.4, -0.2) is 53.5 Å². The van der Waals surface area contributed by atoms with Crippen molar-refractivity contribution in [1.29, 1.82) is 0 Å². The molecule has 2 aliphatic heterocycles. The summed E-state index contributed by atoms with van der Waals surface area (Å²) in [6.45, 7) is 6.74. The van der Waals surface area contributed by atoms with Gasteiger partial charge in [0.2, 0.25) is 0 Å². The molecule has 2 aliphatic rings. The molecule has 2 saturated heterocycles. The van der Waals surface area contributed by atoms with Gasteiger partial charge in [-0.05, 0) is 68.0 Å². The molecule has 4 rings (SSSR count). The van der Waals surface area contributed by atoms with Gasteiger partial charge in [-0.25, -0.2) is 4.98 Å². The number of carbonyl (C=O) groups is 1. The standard InChI is InChI=1S/C23H28ClN3O2/c1-15-16(2)21(29-3)9-8-19(15)20-6-4-5-18-14-26(11-12-27(18)20)23(28)17-7-10-22(24)25-13-17/h7-10,13,18,20H,4-6,11-12,14H2,1-3H3/t18-,20+/m0/s1. The molecule has 0 radical (unpaired) electrons. The van der Waals surface area contributed by atoms with Gasteiger partial charge in [0.15, 0.2) is 0 Å². The molecule has 0 unspecified atom stereocenters. The van der Waals surface area contributed by atoms with Crippen LogP contribution in [0.15, 0.2) is 30.5 Å². The molecule has 0 aliphatic carbocycles. The first-order valence-corrected chi connectivity index (χ1v) is 10.7. The summed E-state index contributed by atoms with van der Waals surface area (Å²) in [7, 11) is 1.73. The number of pyridine rings is 1. The van der Waals surface area contributed by atoms with E-state index in [1.54, 1.807) is 25.4 Å². The van der Waals surface area contributed by atoms with Crippen molar-refractivity contribution in [3.8, 4) is 5.75 Å². The Hall–Kier alpha value is -2.11. The highest BCUT2D eigenvalue weighted by Crippen LogP contribution is 2.39. The van der Waals surface area contributed by atoms with Gasteiger partial charge in [0.25, 0.3) is 5.91 Å². The Morgan fingerprint density at radius 2 is 1.97 bits per heavy atom. The molecule has 1 amide bonds. The zero-order chi connectivity index (χ0) is 20.5. The molecule has 5 nitrogen and oxygen atoms in total. The van der Waals surface area contributed by atoms with Crippen LogP contribution in [-0.2, 0) is 0 Å². The quantitative estimate of drug-likeness (QED) is 0.699. The average molecular weight is 414 g/mol. The number of halogens is 1. The fourth-order valence-electron chi connectivity index (χ4n) is 4.85. The predicted molar refractivity (Wildman–Crippen MR) is 115 cm³/mol. The lowest BCUT2D eigenvalue weighted by Gasteiger charge is -2.48. The third-order valence-corrected chi connectivity index (χ3v) is 6.79. The van der Waals surface area contributed by atoms with Gasteiger partial charge in [0.05, 0.1) is 12.7 Å². The number of hydrogen-bond donors (Lipinski definition) is 0. The SMILES string of the molecule is COc1ccc([C@H]2CCC[C@H]3CN(C(=O)c4ccc(Cl)nc4)CCN32)c(C)c1C. The first kappa shape index (κ1) is 20.2. The van der Waals surface area contributed by atoms with Crippen LogP contribution in [0.4, 0.5) is 0 Å². The van der Waals surface area contributed by atoms with E-state index >= 15 is 0 Å². The molecule has 1 aromatic heterocycles. The average Bonchev–Trinajstić information content (AvgIpc) is 2.75. The molecule has 0 bridgehead atoms. The lowest BCUT2D eigenvalue weighted by atomic mass is 9.86. The Bertz CT molecular complexity index is 900. The maximum absolute atomic E-state index is 12.9. The smallest absolute Gasteiger partial charge is 0.255 e. The van der Waals surface area contributed by atoms with Gasteiger partial charge < -0.3 is 9.64 Å². The molecule has 0 N–H and O–H groups in total. The monoisotopic (exact) mass is 413 g/mol. The number of hydrogen-bond acceptors (Lipinski definition) is 4. The number of piperidine rings is 1. The summed E-state index contributed by atoms with van der Waals surface area (Å²) in [5.41, 5.74) is 4.54. The summed E-state index contributed by atoms with van der Waals surface area (Å²) in [5.74, 6) is 0.998. The van der Waals surface area contributed by atoms with E-state index in [-0.39, 0.29) is 5.91 Å². The van der Waals surface area contributed by atoms with Crippen molar-refractivity contribution in [2.45, 2.75) is 45.2 Å². The van der Waals surface area contributed by atoms with Crippen molar-refractivity contribution in [3.63, 3.8) is 0 Å². The highest BCUT2D eigenvalue weighted by atomic mass is 35.5. The molecular formula is C23H28ClN3O2. The maximum Gasteiger partial charge on any atom is 0.255 e. The topological polar surface area (TPSA) is 45.7 Å². The Morgan fingerprint density at radius 3 is 2.69 bits per heavy atom. The number of carbonyl (C=O) groups excluding carboxylic acids is 1. The van der Waals surface area contributed by atoms with Crippen molar-refractivity contribution >= 4 is 17.5 Å². The molecule has 2 atom stereocenters. The normalized spacial score (nSPS) is 22.3. The fourth-order valence-corrected chi connectivity index (χ4v) is 4.96. The number of methoxy groups -OCH3 is 1. The van der Waals surface area contributed by atoms with Crippen LogP contribution in [0, 0.1) is 13.8 Å². The molecule has 2 fully saturated rings. The number of fused-ring (bicyclic) bond motifs is 1. The number of nitrogens with zero attached hydrogens (tertiary/aromatic N) is 3. The van der Waals surface area contributed by atoms with Crippen molar-refractivity contribution < 1.29 is 9.53 Å². The number of benzene rings is 1. The van der Waals surface area contributed by atoms with Crippen LogP contribution in [0.2, 0.25) is 5.15 Å². The highest BCUT2D eigenvalue weighted by Gasteiger charge is 2.37.